The monoisotopic (exact) mass is 457 g/mol. The SMILES string of the molecule is Cl.O=C(Nc1ccc2c(c1)OCCO2)C1CCN(C(=O)[C@@H]2Cc3ccccc3CN2)CC1. The number of hydrogen-bond acceptors (Lipinski definition) is 5. The van der Waals surface area contributed by atoms with Crippen molar-refractivity contribution in [2.75, 3.05) is 31.6 Å². The number of fused-ring (bicyclic) bond motifs is 2. The average molecular weight is 458 g/mol. The Morgan fingerprint density at radius 3 is 2.47 bits per heavy atom. The number of ether oxygens (including phenoxy) is 2. The summed E-state index contributed by atoms with van der Waals surface area (Å²) in [6.07, 6.45) is 2.07. The minimum Gasteiger partial charge on any atom is -0.486 e. The molecule has 2 amide bonds. The first-order chi connectivity index (χ1) is 15.2. The molecule has 0 aliphatic carbocycles. The molecule has 1 fully saturated rings. The van der Waals surface area contributed by atoms with Crippen LogP contribution in [0, 0.1) is 5.92 Å². The third-order valence-electron chi connectivity index (χ3n) is 6.37. The van der Waals surface area contributed by atoms with Crippen LogP contribution in [-0.2, 0) is 22.6 Å². The number of nitrogens with one attached hydrogen (secondary N) is 2. The fourth-order valence-corrected chi connectivity index (χ4v) is 4.58. The van der Waals surface area contributed by atoms with Gasteiger partial charge >= 0.3 is 0 Å². The molecule has 0 aromatic heterocycles. The Balaban J connectivity index is 0.00000245. The number of amides is 2. The van der Waals surface area contributed by atoms with E-state index in [0.717, 1.165) is 13.0 Å². The van der Waals surface area contributed by atoms with Gasteiger partial charge in [0.15, 0.2) is 11.5 Å². The molecule has 32 heavy (non-hydrogen) atoms. The normalized spacial score (nSPS) is 20.0. The van der Waals surface area contributed by atoms with Gasteiger partial charge in [-0.1, -0.05) is 24.3 Å². The first-order valence-electron chi connectivity index (χ1n) is 11.0. The van der Waals surface area contributed by atoms with Crippen LogP contribution >= 0.6 is 12.4 Å². The molecule has 170 valence electrons. The van der Waals surface area contributed by atoms with Crippen LogP contribution < -0.4 is 20.1 Å². The van der Waals surface area contributed by atoms with E-state index in [1.54, 1.807) is 6.07 Å². The number of benzene rings is 2. The quantitative estimate of drug-likeness (QED) is 0.740. The Bertz CT molecular complexity index is 991. The molecule has 5 rings (SSSR count). The smallest absolute Gasteiger partial charge is 0.240 e. The van der Waals surface area contributed by atoms with Gasteiger partial charge in [0.05, 0.1) is 6.04 Å². The third kappa shape index (κ3) is 4.69. The van der Waals surface area contributed by atoms with Crippen molar-refractivity contribution in [1.29, 1.82) is 0 Å². The van der Waals surface area contributed by atoms with E-state index in [4.69, 9.17) is 9.47 Å². The van der Waals surface area contributed by atoms with E-state index in [-0.39, 0.29) is 36.2 Å². The minimum absolute atomic E-state index is 0. The molecule has 3 heterocycles. The van der Waals surface area contributed by atoms with Crippen molar-refractivity contribution in [2.24, 2.45) is 5.92 Å². The summed E-state index contributed by atoms with van der Waals surface area (Å²) in [6, 6.07) is 13.5. The van der Waals surface area contributed by atoms with Gasteiger partial charge in [-0.2, -0.15) is 0 Å². The molecule has 0 unspecified atom stereocenters. The highest BCUT2D eigenvalue weighted by Gasteiger charge is 2.32. The fourth-order valence-electron chi connectivity index (χ4n) is 4.58. The molecule has 3 aliphatic heterocycles. The second kappa shape index (κ2) is 9.79. The van der Waals surface area contributed by atoms with Crippen molar-refractivity contribution >= 4 is 29.9 Å². The van der Waals surface area contributed by atoms with Crippen molar-refractivity contribution < 1.29 is 19.1 Å². The van der Waals surface area contributed by atoms with Crippen LogP contribution in [0.25, 0.3) is 0 Å². The first kappa shape index (κ1) is 22.4. The Morgan fingerprint density at radius 2 is 1.69 bits per heavy atom. The second-order valence-electron chi connectivity index (χ2n) is 8.35. The lowest BCUT2D eigenvalue weighted by molar-refractivity contribution is -0.136. The summed E-state index contributed by atoms with van der Waals surface area (Å²) in [7, 11) is 0. The van der Waals surface area contributed by atoms with Crippen molar-refractivity contribution in [2.45, 2.75) is 31.8 Å². The van der Waals surface area contributed by atoms with Crippen LogP contribution in [0.15, 0.2) is 42.5 Å². The Morgan fingerprint density at radius 1 is 0.969 bits per heavy atom. The van der Waals surface area contributed by atoms with Gasteiger partial charge in [-0.25, -0.2) is 0 Å². The number of hydrogen-bond donors (Lipinski definition) is 2. The highest BCUT2D eigenvalue weighted by Crippen LogP contribution is 2.33. The van der Waals surface area contributed by atoms with Gasteiger partial charge in [-0.15, -0.1) is 12.4 Å². The molecule has 0 spiro atoms. The highest BCUT2D eigenvalue weighted by atomic mass is 35.5. The molecule has 0 bridgehead atoms. The molecule has 7 nitrogen and oxygen atoms in total. The van der Waals surface area contributed by atoms with Crippen LogP contribution in [0.3, 0.4) is 0 Å². The van der Waals surface area contributed by atoms with Crippen molar-refractivity contribution in [3.8, 4) is 11.5 Å². The molecule has 8 heteroatoms. The summed E-state index contributed by atoms with van der Waals surface area (Å²) in [5, 5.41) is 6.36. The van der Waals surface area contributed by atoms with Crippen LogP contribution in [-0.4, -0.2) is 49.1 Å². The molecule has 2 aromatic rings. The molecule has 1 saturated heterocycles. The van der Waals surface area contributed by atoms with Gasteiger partial charge in [0.1, 0.15) is 13.2 Å². The number of halogens is 1. The zero-order chi connectivity index (χ0) is 21.2. The third-order valence-corrected chi connectivity index (χ3v) is 6.37. The van der Waals surface area contributed by atoms with Gasteiger partial charge in [-0.3, -0.25) is 9.59 Å². The lowest BCUT2D eigenvalue weighted by Gasteiger charge is -2.35. The Kier molecular flexibility index (Phi) is 6.86. The lowest BCUT2D eigenvalue weighted by atomic mass is 9.92. The van der Waals surface area contributed by atoms with Crippen molar-refractivity contribution in [3.05, 3.63) is 53.6 Å². The Labute approximate surface area is 193 Å². The van der Waals surface area contributed by atoms with E-state index in [1.807, 2.05) is 29.2 Å². The summed E-state index contributed by atoms with van der Waals surface area (Å²) in [6.45, 7) is 2.99. The van der Waals surface area contributed by atoms with E-state index in [9.17, 15) is 9.59 Å². The number of nitrogens with zero attached hydrogens (tertiary/aromatic N) is 1. The van der Waals surface area contributed by atoms with Crippen LogP contribution in [0.2, 0.25) is 0 Å². The summed E-state index contributed by atoms with van der Waals surface area (Å²) < 4.78 is 11.1. The average Bonchev–Trinajstić information content (AvgIpc) is 2.83. The van der Waals surface area contributed by atoms with Crippen LogP contribution in [0.1, 0.15) is 24.0 Å². The maximum atomic E-state index is 13.0. The number of carbonyl (C=O) groups is 2. The van der Waals surface area contributed by atoms with E-state index >= 15 is 0 Å². The van der Waals surface area contributed by atoms with Gasteiger partial charge in [0, 0.05) is 37.3 Å². The topological polar surface area (TPSA) is 79.9 Å². The molecule has 0 radical (unpaired) electrons. The number of piperidine rings is 1. The number of anilines is 1. The molecular weight excluding hydrogens is 430 g/mol. The molecule has 2 aromatic carbocycles. The molecule has 1 atom stereocenters. The maximum Gasteiger partial charge on any atom is 0.240 e. The first-order valence-corrected chi connectivity index (χ1v) is 11.0. The molecule has 2 N–H and O–H groups in total. The lowest BCUT2D eigenvalue weighted by Crippen LogP contribution is -2.52. The summed E-state index contributed by atoms with van der Waals surface area (Å²) in [5.41, 5.74) is 3.21. The molecule has 0 saturated carbocycles. The standard InChI is InChI=1S/C24H27N3O4.ClH/c28-23(26-19-5-6-21-22(14-19)31-12-11-30-21)16-7-9-27(10-8-16)24(29)20-13-17-3-1-2-4-18(17)15-25-20;/h1-6,14,16,20,25H,7-13,15H2,(H,26,28);1H/t20-;/m0./s1. The predicted octanol–water partition coefficient (Wildman–Crippen LogP) is 2.77. The van der Waals surface area contributed by atoms with Crippen LogP contribution in [0.5, 0.6) is 11.5 Å². The zero-order valence-electron chi connectivity index (χ0n) is 17.8. The molecular formula is C24H28ClN3O4. The minimum atomic E-state index is -0.182. The van der Waals surface area contributed by atoms with E-state index < -0.39 is 0 Å². The second-order valence-corrected chi connectivity index (χ2v) is 8.35. The zero-order valence-corrected chi connectivity index (χ0v) is 18.7. The van der Waals surface area contributed by atoms with Crippen molar-refractivity contribution in [3.63, 3.8) is 0 Å². The highest BCUT2D eigenvalue weighted by molar-refractivity contribution is 5.93. The van der Waals surface area contributed by atoms with Gasteiger partial charge in [-0.05, 0) is 42.5 Å². The van der Waals surface area contributed by atoms with Gasteiger partial charge < -0.3 is 25.0 Å². The van der Waals surface area contributed by atoms with Gasteiger partial charge in [0.2, 0.25) is 11.8 Å². The number of rotatable bonds is 3. The summed E-state index contributed by atoms with van der Waals surface area (Å²) in [4.78, 5) is 27.7. The fraction of sp³-hybridized carbons (Fsp3) is 0.417. The summed E-state index contributed by atoms with van der Waals surface area (Å²) in [5.74, 6) is 1.40. The van der Waals surface area contributed by atoms with Crippen molar-refractivity contribution in [1.82, 2.24) is 10.2 Å². The van der Waals surface area contributed by atoms with Gasteiger partial charge in [0.25, 0.3) is 0 Å². The predicted molar refractivity (Wildman–Crippen MR) is 123 cm³/mol. The number of likely N-dealkylation sites (tertiary alicyclic amines) is 1. The maximum absolute atomic E-state index is 13.0. The summed E-state index contributed by atoms with van der Waals surface area (Å²) >= 11 is 0. The molecule has 3 aliphatic rings. The van der Waals surface area contributed by atoms with E-state index in [2.05, 4.69) is 22.8 Å². The van der Waals surface area contributed by atoms with E-state index in [0.29, 0.717) is 56.3 Å². The largest absolute Gasteiger partial charge is 0.486 e. The number of carbonyl (C=O) groups excluding carboxylic acids is 2. The Hall–Kier alpha value is -2.77. The van der Waals surface area contributed by atoms with E-state index in [1.165, 1.54) is 11.1 Å². The van der Waals surface area contributed by atoms with Crippen LogP contribution in [0.4, 0.5) is 5.69 Å².